The Morgan fingerprint density at radius 3 is 2.63 bits per heavy atom. The van der Waals surface area contributed by atoms with E-state index in [1.165, 1.54) is 12.3 Å². The van der Waals surface area contributed by atoms with Crippen molar-refractivity contribution in [2.75, 3.05) is 11.9 Å². The minimum absolute atomic E-state index is 0.342. The van der Waals surface area contributed by atoms with E-state index in [9.17, 15) is 9.18 Å². The second-order valence-corrected chi connectivity index (χ2v) is 3.79. The molecule has 0 spiro atoms. The molecule has 1 heterocycles. The van der Waals surface area contributed by atoms with Gasteiger partial charge in [0.25, 0.3) is 0 Å². The first kappa shape index (κ1) is 13.0. The molecule has 0 atom stereocenters. The molecule has 0 bridgehead atoms. The number of ether oxygens (including phenoxy) is 1. The molecule has 0 aliphatic heterocycles. The summed E-state index contributed by atoms with van der Waals surface area (Å²) in [6.45, 7) is 2.10. The Hall–Kier alpha value is -2.43. The van der Waals surface area contributed by atoms with Crippen LogP contribution in [0.1, 0.15) is 17.3 Å². The Labute approximate surface area is 110 Å². The highest BCUT2D eigenvalue weighted by Crippen LogP contribution is 2.17. The van der Waals surface area contributed by atoms with Gasteiger partial charge in [-0.3, -0.25) is 0 Å². The Bertz CT molecular complexity index is 570. The zero-order valence-electron chi connectivity index (χ0n) is 10.4. The van der Waals surface area contributed by atoms with Crippen LogP contribution in [-0.2, 0) is 4.74 Å². The van der Waals surface area contributed by atoms with Crippen molar-refractivity contribution in [2.45, 2.75) is 6.92 Å². The first-order valence-electron chi connectivity index (χ1n) is 5.85. The number of esters is 1. The van der Waals surface area contributed by atoms with Crippen LogP contribution in [0.5, 0.6) is 0 Å². The number of hydrogen-bond donors (Lipinski definition) is 1. The normalized spacial score (nSPS) is 10.0. The largest absolute Gasteiger partial charge is 0.462 e. The number of benzene rings is 1. The first-order chi connectivity index (χ1) is 9.19. The van der Waals surface area contributed by atoms with Gasteiger partial charge in [0.15, 0.2) is 0 Å². The van der Waals surface area contributed by atoms with Gasteiger partial charge in [-0.2, -0.15) is 4.39 Å². The summed E-state index contributed by atoms with van der Waals surface area (Å²) in [5.74, 6) is -0.905. The summed E-state index contributed by atoms with van der Waals surface area (Å²) < 4.78 is 17.8. The van der Waals surface area contributed by atoms with Crippen molar-refractivity contribution in [3.8, 4) is 0 Å². The van der Waals surface area contributed by atoms with Gasteiger partial charge in [0.1, 0.15) is 0 Å². The van der Waals surface area contributed by atoms with Crippen molar-refractivity contribution in [1.82, 2.24) is 4.98 Å². The molecule has 1 aromatic carbocycles. The summed E-state index contributed by atoms with van der Waals surface area (Å²) in [6.07, 6.45) is 1.38. The molecule has 2 rings (SSSR count). The van der Waals surface area contributed by atoms with Crippen molar-refractivity contribution >= 4 is 17.3 Å². The minimum Gasteiger partial charge on any atom is -0.462 e. The van der Waals surface area contributed by atoms with Gasteiger partial charge in [-0.25, -0.2) is 9.78 Å². The fourth-order valence-corrected chi connectivity index (χ4v) is 1.55. The SMILES string of the molecule is CCOC(=O)c1ccc(Nc2ccnc(F)c2)cc1. The van der Waals surface area contributed by atoms with Gasteiger partial charge in [-0.05, 0) is 37.3 Å². The second-order valence-electron chi connectivity index (χ2n) is 3.79. The molecule has 0 unspecified atom stereocenters. The van der Waals surface area contributed by atoms with Crippen molar-refractivity contribution in [3.05, 3.63) is 54.1 Å². The highest BCUT2D eigenvalue weighted by Gasteiger charge is 2.05. The number of nitrogens with zero attached hydrogens (tertiary/aromatic N) is 1. The molecule has 0 fully saturated rings. The quantitative estimate of drug-likeness (QED) is 0.677. The van der Waals surface area contributed by atoms with Crippen LogP contribution in [0.3, 0.4) is 0 Å². The monoisotopic (exact) mass is 260 g/mol. The van der Waals surface area contributed by atoms with E-state index in [-0.39, 0.29) is 5.97 Å². The highest BCUT2D eigenvalue weighted by atomic mass is 19.1. The van der Waals surface area contributed by atoms with Crippen LogP contribution in [-0.4, -0.2) is 17.6 Å². The van der Waals surface area contributed by atoms with Crippen molar-refractivity contribution in [2.24, 2.45) is 0 Å². The summed E-state index contributed by atoms with van der Waals surface area (Å²) in [5, 5.41) is 3.01. The standard InChI is InChI=1S/C14H13FN2O2/c1-2-19-14(18)10-3-5-11(6-4-10)17-12-7-8-16-13(15)9-12/h3-9H,2H2,1H3,(H,16,17). The number of pyridine rings is 1. The van der Waals surface area contributed by atoms with E-state index in [2.05, 4.69) is 10.3 Å². The van der Waals surface area contributed by atoms with E-state index >= 15 is 0 Å². The lowest BCUT2D eigenvalue weighted by molar-refractivity contribution is 0.0526. The molecular weight excluding hydrogens is 247 g/mol. The summed E-state index contributed by atoms with van der Waals surface area (Å²) in [4.78, 5) is 14.9. The molecule has 1 aromatic heterocycles. The number of halogens is 1. The molecule has 0 amide bonds. The van der Waals surface area contributed by atoms with Crippen LogP contribution in [0.25, 0.3) is 0 Å². The average molecular weight is 260 g/mol. The molecule has 0 saturated carbocycles. The van der Waals surface area contributed by atoms with E-state index in [4.69, 9.17) is 4.74 Å². The third-order valence-corrected chi connectivity index (χ3v) is 2.41. The molecule has 5 heteroatoms. The van der Waals surface area contributed by atoms with E-state index in [0.717, 1.165) is 5.69 Å². The molecular formula is C14H13FN2O2. The fourth-order valence-electron chi connectivity index (χ4n) is 1.55. The number of hydrogen-bond acceptors (Lipinski definition) is 4. The van der Waals surface area contributed by atoms with Crippen LogP contribution >= 0.6 is 0 Å². The van der Waals surface area contributed by atoms with E-state index in [0.29, 0.717) is 17.9 Å². The predicted molar refractivity (Wildman–Crippen MR) is 69.9 cm³/mol. The number of anilines is 2. The minimum atomic E-state index is -0.548. The number of carbonyl (C=O) groups is 1. The molecule has 98 valence electrons. The third kappa shape index (κ3) is 3.51. The predicted octanol–water partition coefficient (Wildman–Crippen LogP) is 3.14. The zero-order chi connectivity index (χ0) is 13.7. The van der Waals surface area contributed by atoms with Gasteiger partial charge in [0, 0.05) is 23.6 Å². The molecule has 0 saturated heterocycles. The van der Waals surface area contributed by atoms with Crippen molar-refractivity contribution in [3.63, 3.8) is 0 Å². The van der Waals surface area contributed by atoms with Crippen LogP contribution in [0.15, 0.2) is 42.6 Å². The second kappa shape index (κ2) is 5.95. The summed E-state index contributed by atoms with van der Waals surface area (Å²) in [6, 6.07) is 9.70. The molecule has 1 N–H and O–H groups in total. The Kier molecular flexibility index (Phi) is 4.07. The van der Waals surface area contributed by atoms with E-state index in [1.807, 2.05) is 0 Å². The van der Waals surface area contributed by atoms with Crippen LogP contribution in [0, 0.1) is 5.95 Å². The molecule has 0 aliphatic rings. The maximum Gasteiger partial charge on any atom is 0.338 e. The van der Waals surface area contributed by atoms with Crippen molar-refractivity contribution < 1.29 is 13.9 Å². The topological polar surface area (TPSA) is 51.2 Å². The fraction of sp³-hybridized carbons (Fsp3) is 0.143. The van der Waals surface area contributed by atoms with E-state index < -0.39 is 5.95 Å². The van der Waals surface area contributed by atoms with Crippen LogP contribution in [0.2, 0.25) is 0 Å². The first-order valence-corrected chi connectivity index (χ1v) is 5.85. The maximum absolute atomic E-state index is 12.9. The van der Waals surface area contributed by atoms with Gasteiger partial charge >= 0.3 is 5.97 Å². The molecule has 19 heavy (non-hydrogen) atoms. The lowest BCUT2D eigenvalue weighted by Gasteiger charge is -2.07. The highest BCUT2D eigenvalue weighted by molar-refractivity contribution is 5.89. The number of carbonyl (C=O) groups excluding carboxylic acids is 1. The molecule has 0 radical (unpaired) electrons. The summed E-state index contributed by atoms with van der Waals surface area (Å²) in [5.41, 5.74) is 1.82. The average Bonchev–Trinajstić information content (AvgIpc) is 2.40. The van der Waals surface area contributed by atoms with Gasteiger partial charge in [-0.15, -0.1) is 0 Å². The number of aromatic nitrogens is 1. The van der Waals surface area contributed by atoms with Crippen LogP contribution < -0.4 is 5.32 Å². The van der Waals surface area contributed by atoms with Gasteiger partial charge in [0.05, 0.1) is 12.2 Å². The molecule has 0 aliphatic carbocycles. The van der Waals surface area contributed by atoms with Gasteiger partial charge < -0.3 is 10.1 Å². The lowest BCUT2D eigenvalue weighted by atomic mass is 10.2. The van der Waals surface area contributed by atoms with Gasteiger partial charge in [0.2, 0.25) is 5.95 Å². The van der Waals surface area contributed by atoms with Crippen molar-refractivity contribution in [1.29, 1.82) is 0 Å². The lowest BCUT2D eigenvalue weighted by Crippen LogP contribution is -2.04. The van der Waals surface area contributed by atoms with Crippen LogP contribution in [0.4, 0.5) is 15.8 Å². The maximum atomic E-state index is 12.9. The third-order valence-electron chi connectivity index (χ3n) is 2.41. The number of rotatable bonds is 4. The zero-order valence-corrected chi connectivity index (χ0v) is 10.4. The Balaban J connectivity index is 2.08. The smallest absolute Gasteiger partial charge is 0.338 e. The summed E-state index contributed by atoms with van der Waals surface area (Å²) in [7, 11) is 0. The molecule has 2 aromatic rings. The molecule has 4 nitrogen and oxygen atoms in total. The Morgan fingerprint density at radius 1 is 1.26 bits per heavy atom. The summed E-state index contributed by atoms with van der Waals surface area (Å²) >= 11 is 0. The number of nitrogens with one attached hydrogen (secondary N) is 1. The van der Waals surface area contributed by atoms with Gasteiger partial charge in [-0.1, -0.05) is 0 Å². The Morgan fingerprint density at radius 2 is 2.00 bits per heavy atom. The van der Waals surface area contributed by atoms with E-state index in [1.54, 1.807) is 37.3 Å².